The normalized spacial score (nSPS) is 14.8. The van der Waals surface area contributed by atoms with Gasteiger partial charge in [0, 0.05) is 24.7 Å². The Morgan fingerprint density at radius 3 is 2.46 bits per heavy atom. The van der Waals surface area contributed by atoms with Gasteiger partial charge in [0.05, 0.1) is 20.5 Å². The summed E-state index contributed by atoms with van der Waals surface area (Å²) in [4.78, 5) is 26.5. The number of carbonyl (C=O) groups excluding carboxylic acids is 2. The molecule has 1 aromatic carbocycles. The molecule has 1 saturated heterocycles. The Labute approximate surface area is 151 Å². The number of methoxy groups -OCH3 is 2. The monoisotopic (exact) mass is 358 g/mol. The molecule has 0 bridgehead atoms. The fourth-order valence-corrected chi connectivity index (χ4v) is 3.03. The highest BCUT2D eigenvalue weighted by molar-refractivity contribution is 5.95. The van der Waals surface area contributed by atoms with Gasteiger partial charge >= 0.3 is 0 Å². The predicted molar refractivity (Wildman–Crippen MR) is 94.6 cm³/mol. The standard InChI is InChI=1S/C19H22N2O5/c1-24-15-6-5-13(12-17(15)25-2)18(22)20-14-7-9-21(10-8-14)19(23)16-4-3-11-26-16/h3-6,11-12,14H,7-10H2,1-2H3,(H,20,22). The Bertz CT molecular complexity index is 764. The highest BCUT2D eigenvalue weighted by Gasteiger charge is 2.26. The second-order valence-corrected chi connectivity index (χ2v) is 6.09. The van der Waals surface area contributed by atoms with E-state index in [-0.39, 0.29) is 17.9 Å². The van der Waals surface area contributed by atoms with E-state index in [1.165, 1.54) is 13.4 Å². The molecule has 26 heavy (non-hydrogen) atoms. The van der Waals surface area contributed by atoms with Crippen molar-refractivity contribution in [1.82, 2.24) is 10.2 Å². The average molecular weight is 358 g/mol. The van der Waals surface area contributed by atoms with E-state index in [0.717, 1.165) is 0 Å². The molecule has 0 spiro atoms. The number of carbonyl (C=O) groups is 2. The summed E-state index contributed by atoms with van der Waals surface area (Å²) in [5.41, 5.74) is 0.511. The highest BCUT2D eigenvalue weighted by atomic mass is 16.5. The topological polar surface area (TPSA) is 81.0 Å². The summed E-state index contributed by atoms with van der Waals surface area (Å²) >= 11 is 0. The SMILES string of the molecule is COc1ccc(C(=O)NC2CCN(C(=O)c3ccco3)CC2)cc1OC. The zero-order valence-electron chi connectivity index (χ0n) is 14.9. The summed E-state index contributed by atoms with van der Waals surface area (Å²) in [5.74, 6) is 1.16. The average Bonchev–Trinajstić information content (AvgIpc) is 3.22. The van der Waals surface area contributed by atoms with Crippen LogP contribution in [0.4, 0.5) is 0 Å². The minimum absolute atomic E-state index is 0.0243. The molecule has 1 fully saturated rings. The van der Waals surface area contributed by atoms with Crippen LogP contribution in [0.1, 0.15) is 33.8 Å². The smallest absolute Gasteiger partial charge is 0.289 e. The third-order valence-electron chi connectivity index (χ3n) is 4.50. The van der Waals surface area contributed by atoms with Crippen molar-refractivity contribution in [3.63, 3.8) is 0 Å². The van der Waals surface area contributed by atoms with E-state index in [1.54, 1.807) is 42.3 Å². The number of furan rings is 1. The van der Waals surface area contributed by atoms with Crippen LogP contribution in [0.5, 0.6) is 11.5 Å². The molecule has 1 aromatic heterocycles. The molecule has 0 saturated carbocycles. The van der Waals surface area contributed by atoms with E-state index >= 15 is 0 Å². The molecular weight excluding hydrogens is 336 g/mol. The van der Waals surface area contributed by atoms with Gasteiger partial charge in [-0.2, -0.15) is 0 Å². The van der Waals surface area contributed by atoms with Gasteiger partial charge in [-0.3, -0.25) is 9.59 Å². The first-order valence-electron chi connectivity index (χ1n) is 8.48. The number of hydrogen-bond donors (Lipinski definition) is 1. The Hall–Kier alpha value is -2.96. The van der Waals surface area contributed by atoms with Gasteiger partial charge in [-0.15, -0.1) is 0 Å². The largest absolute Gasteiger partial charge is 0.493 e. The van der Waals surface area contributed by atoms with Gasteiger partial charge in [-0.1, -0.05) is 0 Å². The lowest BCUT2D eigenvalue weighted by molar-refractivity contribution is 0.0667. The van der Waals surface area contributed by atoms with Crippen LogP contribution < -0.4 is 14.8 Å². The molecule has 1 aliphatic rings. The Morgan fingerprint density at radius 2 is 1.85 bits per heavy atom. The van der Waals surface area contributed by atoms with Gasteiger partial charge in [0.1, 0.15) is 0 Å². The maximum Gasteiger partial charge on any atom is 0.289 e. The molecule has 2 amide bonds. The Kier molecular flexibility index (Phi) is 5.46. The van der Waals surface area contributed by atoms with Crippen LogP contribution in [-0.4, -0.2) is 50.1 Å². The third kappa shape index (κ3) is 3.82. The number of ether oxygens (including phenoxy) is 2. The molecule has 7 nitrogen and oxygen atoms in total. The van der Waals surface area contributed by atoms with Crippen LogP contribution in [0.25, 0.3) is 0 Å². The van der Waals surface area contributed by atoms with Gasteiger partial charge in [0.25, 0.3) is 11.8 Å². The number of hydrogen-bond acceptors (Lipinski definition) is 5. The van der Waals surface area contributed by atoms with Crippen LogP contribution in [0.2, 0.25) is 0 Å². The first-order valence-corrected chi connectivity index (χ1v) is 8.48. The molecule has 0 unspecified atom stereocenters. The Morgan fingerprint density at radius 1 is 1.12 bits per heavy atom. The first-order chi connectivity index (χ1) is 12.6. The number of rotatable bonds is 5. The van der Waals surface area contributed by atoms with E-state index < -0.39 is 0 Å². The first kappa shape index (κ1) is 17.8. The molecular formula is C19H22N2O5. The van der Waals surface area contributed by atoms with E-state index in [1.807, 2.05) is 0 Å². The lowest BCUT2D eigenvalue weighted by Crippen LogP contribution is -2.46. The van der Waals surface area contributed by atoms with Gasteiger partial charge in [-0.25, -0.2) is 0 Å². The van der Waals surface area contributed by atoms with E-state index in [0.29, 0.717) is 48.8 Å². The quantitative estimate of drug-likeness (QED) is 0.887. The lowest BCUT2D eigenvalue weighted by Gasteiger charge is -2.31. The number of nitrogens with zero attached hydrogens (tertiary/aromatic N) is 1. The van der Waals surface area contributed by atoms with Gasteiger partial charge in [0.15, 0.2) is 17.3 Å². The summed E-state index contributed by atoms with van der Waals surface area (Å²) in [7, 11) is 3.08. The summed E-state index contributed by atoms with van der Waals surface area (Å²) in [6.07, 6.45) is 2.89. The van der Waals surface area contributed by atoms with Crippen LogP contribution in [0.15, 0.2) is 41.0 Å². The maximum absolute atomic E-state index is 12.5. The number of piperidine rings is 1. The third-order valence-corrected chi connectivity index (χ3v) is 4.50. The summed E-state index contributed by atoms with van der Waals surface area (Å²) < 4.78 is 15.6. The summed E-state index contributed by atoms with van der Waals surface area (Å²) in [6.45, 7) is 1.16. The van der Waals surface area contributed by atoms with Crippen molar-refractivity contribution in [2.45, 2.75) is 18.9 Å². The number of amides is 2. The van der Waals surface area contributed by atoms with Crippen molar-refractivity contribution in [3.8, 4) is 11.5 Å². The second kappa shape index (κ2) is 7.95. The molecule has 138 valence electrons. The molecule has 1 N–H and O–H groups in total. The van der Waals surface area contributed by atoms with Gasteiger partial charge in [-0.05, 0) is 43.2 Å². The van der Waals surface area contributed by atoms with Crippen molar-refractivity contribution < 1.29 is 23.5 Å². The van der Waals surface area contributed by atoms with Crippen molar-refractivity contribution in [1.29, 1.82) is 0 Å². The van der Waals surface area contributed by atoms with Crippen LogP contribution >= 0.6 is 0 Å². The van der Waals surface area contributed by atoms with E-state index in [4.69, 9.17) is 13.9 Å². The minimum atomic E-state index is -0.165. The highest BCUT2D eigenvalue weighted by Crippen LogP contribution is 2.27. The molecule has 0 radical (unpaired) electrons. The van der Waals surface area contributed by atoms with Gasteiger partial charge < -0.3 is 24.1 Å². The fraction of sp³-hybridized carbons (Fsp3) is 0.368. The zero-order valence-corrected chi connectivity index (χ0v) is 14.9. The van der Waals surface area contributed by atoms with Crippen LogP contribution in [-0.2, 0) is 0 Å². The van der Waals surface area contributed by atoms with Crippen molar-refractivity contribution in [2.24, 2.45) is 0 Å². The van der Waals surface area contributed by atoms with Crippen LogP contribution in [0.3, 0.4) is 0 Å². The van der Waals surface area contributed by atoms with Crippen molar-refractivity contribution in [2.75, 3.05) is 27.3 Å². The number of benzene rings is 1. The fourth-order valence-electron chi connectivity index (χ4n) is 3.03. The maximum atomic E-state index is 12.5. The lowest BCUT2D eigenvalue weighted by atomic mass is 10.0. The molecule has 0 aliphatic carbocycles. The van der Waals surface area contributed by atoms with Crippen molar-refractivity contribution in [3.05, 3.63) is 47.9 Å². The predicted octanol–water partition coefficient (Wildman–Crippen LogP) is 2.33. The van der Waals surface area contributed by atoms with Gasteiger partial charge in [0.2, 0.25) is 0 Å². The minimum Gasteiger partial charge on any atom is -0.493 e. The molecule has 7 heteroatoms. The summed E-state index contributed by atoms with van der Waals surface area (Å²) in [6, 6.07) is 8.45. The Balaban J connectivity index is 1.56. The molecule has 1 aliphatic heterocycles. The second-order valence-electron chi connectivity index (χ2n) is 6.09. The number of likely N-dealkylation sites (tertiary alicyclic amines) is 1. The zero-order chi connectivity index (χ0) is 18.5. The summed E-state index contributed by atoms with van der Waals surface area (Å²) in [5, 5.41) is 3.02. The molecule has 2 aromatic rings. The number of nitrogens with one attached hydrogen (secondary N) is 1. The molecule has 2 heterocycles. The van der Waals surface area contributed by atoms with Crippen molar-refractivity contribution >= 4 is 11.8 Å². The van der Waals surface area contributed by atoms with Crippen LogP contribution in [0, 0.1) is 0 Å². The molecule has 0 atom stereocenters. The molecule has 3 rings (SSSR count). The van der Waals surface area contributed by atoms with E-state index in [2.05, 4.69) is 5.32 Å². The van der Waals surface area contributed by atoms with E-state index in [9.17, 15) is 9.59 Å².